The number of para-hydroxylation sites is 1. The summed E-state index contributed by atoms with van der Waals surface area (Å²) in [5, 5.41) is 6.70. The Kier molecular flexibility index (Phi) is 6.58. The molecule has 0 saturated heterocycles. The maximum Gasteiger partial charge on any atom is 0.221 e. The monoisotopic (exact) mass is 322 g/mol. The molecule has 0 aliphatic heterocycles. The highest BCUT2D eigenvalue weighted by atomic mass is 32.2. The Balaban J connectivity index is 2.02. The van der Waals surface area contributed by atoms with E-state index in [-0.39, 0.29) is 11.2 Å². The van der Waals surface area contributed by atoms with E-state index in [1.54, 1.807) is 0 Å². The molecular weight excluding hydrogens is 296 g/mol. The Hall–Kier alpha value is -1.20. The molecular formula is C17H26N2O2S. The molecule has 0 unspecified atom stereocenters. The van der Waals surface area contributed by atoms with Gasteiger partial charge >= 0.3 is 0 Å². The van der Waals surface area contributed by atoms with E-state index in [1.807, 2.05) is 31.2 Å². The molecule has 5 heteroatoms. The van der Waals surface area contributed by atoms with Crippen LogP contribution in [-0.4, -0.2) is 27.2 Å². The third-order valence-electron chi connectivity index (χ3n) is 4.21. The Morgan fingerprint density at radius 1 is 1.27 bits per heavy atom. The topological polar surface area (TPSA) is 58.2 Å². The van der Waals surface area contributed by atoms with Crippen LogP contribution in [0.4, 0.5) is 5.69 Å². The van der Waals surface area contributed by atoms with Crippen molar-refractivity contribution in [3.05, 3.63) is 29.8 Å². The molecule has 1 aromatic carbocycles. The van der Waals surface area contributed by atoms with Crippen LogP contribution >= 0.6 is 0 Å². The number of hydrogen-bond donors (Lipinski definition) is 2. The standard InChI is InChI=1S/C17H26N2O2S/c1-3-22(21)17-11-7-6-10-16(17)18-12-14-8-4-5-9-15(14)19-13(2)20/h4-5,8-9,16-18H,3,6-7,10-12H2,1-2H3,(H,19,20)/t16-,17-,22+/m0/s1. The normalized spacial score (nSPS) is 23.0. The van der Waals surface area contributed by atoms with Crippen molar-refractivity contribution in [2.45, 2.75) is 57.4 Å². The van der Waals surface area contributed by atoms with Crippen LogP contribution in [0.3, 0.4) is 0 Å². The van der Waals surface area contributed by atoms with Gasteiger partial charge in [-0.1, -0.05) is 38.0 Å². The summed E-state index contributed by atoms with van der Waals surface area (Å²) < 4.78 is 12.2. The average molecular weight is 322 g/mol. The summed E-state index contributed by atoms with van der Waals surface area (Å²) in [5.74, 6) is 0.667. The fourth-order valence-corrected chi connectivity index (χ4v) is 4.54. The number of hydrogen-bond acceptors (Lipinski definition) is 3. The van der Waals surface area contributed by atoms with Gasteiger partial charge in [-0.25, -0.2) is 0 Å². The molecule has 0 bridgehead atoms. The highest BCUT2D eigenvalue weighted by Gasteiger charge is 2.28. The first-order valence-electron chi connectivity index (χ1n) is 8.08. The molecule has 0 heterocycles. The number of carbonyl (C=O) groups is 1. The van der Waals surface area contributed by atoms with Crippen LogP contribution in [0.1, 0.15) is 45.1 Å². The fraction of sp³-hybridized carbons (Fsp3) is 0.588. The van der Waals surface area contributed by atoms with Crippen LogP contribution in [0, 0.1) is 0 Å². The summed E-state index contributed by atoms with van der Waals surface area (Å²) in [6, 6.07) is 8.14. The summed E-state index contributed by atoms with van der Waals surface area (Å²) in [5.41, 5.74) is 1.93. The number of nitrogens with one attached hydrogen (secondary N) is 2. The van der Waals surface area contributed by atoms with E-state index in [0.717, 1.165) is 29.8 Å². The van der Waals surface area contributed by atoms with E-state index < -0.39 is 10.8 Å². The van der Waals surface area contributed by atoms with Gasteiger partial charge in [0, 0.05) is 41.8 Å². The first kappa shape index (κ1) is 17.2. The SMILES string of the molecule is CC[S@@](=O)[C@H]1CCCC[C@@H]1NCc1ccccc1NC(C)=O. The van der Waals surface area contributed by atoms with Crippen molar-refractivity contribution >= 4 is 22.4 Å². The van der Waals surface area contributed by atoms with Crippen LogP contribution in [-0.2, 0) is 22.1 Å². The summed E-state index contributed by atoms with van der Waals surface area (Å²) in [7, 11) is -0.748. The summed E-state index contributed by atoms with van der Waals surface area (Å²) in [6.07, 6.45) is 4.50. The molecule has 1 aliphatic rings. The van der Waals surface area contributed by atoms with Crippen molar-refractivity contribution in [2.24, 2.45) is 0 Å². The van der Waals surface area contributed by atoms with Crippen molar-refractivity contribution in [1.82, 2.24) is 5.32 Å². The van der Waals surface area contributed by atoms with E-state index in [0.29, 0.717) is 12.6 Å². The predicted octanol–water partition coefficient (Wildman–Crippen LogP) is 2.81. The fourth-order valence-electron chi connectivity index (χ4n) is 3.09. The lowest BCUT2D eigenvalue weighted by atomic mass is 9.94. The Morgan fingerprint density at radius 2 is 2.00 bits per heavy atom. The molecule has 2 N–H and O–H groups in total. The van der Waals surface area contributed by atoms with Gasteiger partial charge < -0.3 is 10.6 Å². The number of rotatable bonds is 6. The Bertz CT molecular complexity index is 533. The molecule has 0 aromatic heterocycles. The van der Waals surface area contributed by atoms with Gasteiger partial charge in [-0.2, -0.15) is 0 Å². The number of amides is 1. The quantitative estimate of drug-likeness (QED) is 0.847. The number of anilines is 1. The van der Waals surface area contributed by atoms with E-state index in [1.165, 1.54) is 19.8 Å². The lowest BCUT2D eigenvalue weighted by Gasteiger charge is -2.31. The molecule has 4 nitrogen and oxygen atoms in total. The second kappa shape index (κ2) is 8.44. The van der Waals surface area contributed by atoms with Crippen LogP contribution < -0.4 is 10.6 Å². The van der Waals surface area contributed by atoms with Gasteiger partial charge in [0.2, 0.25) is 5.91 Å². The van der Waals surface area contributed by atoms with Gasteiger partial charge in [0.1, 0.15) is 0 Å². The number of carbonyl (C=O) groups excluding carboxylic acids is 1. The zero-order valence-electron chi connectivity index (χ0n) is 13.4. The first-order chi connectivity index (χ1) is 10.6. The van der Waals surface area contributed by atoms with Crippen LogP contribution in [0.15, 0.2) is 24.3 Å². The maximum atomic E-state index is 12.2. The van der Waals surface area contributed by atoms with E-state index in [9.17, 15) is 9.00 Å². The molecule has 1 aromatic rings. The average Bonchev–Trinajstić information content (AvgIpc) is 2.53. The number of benzene rings is 1. The largest absolute Gasteiger partial charge is 0.326 e. The van der Waals surface area contributed by atoms with Gasteiger partial charge in [-0.05, 0) is 24.5 Å². The highest BCUT2D eigenvalue weighted by molar-refractivity contribution is 7.85. The first-order valence-corrected chi connectivity index (χ1v) is 9.46. The molecule has 1 saturated carbocycles. The van der Waals surface area contributed by atoms with Crippen LogP contribution in [0.5, 0.6) is 0 Å². The molecule has 0 spiro atoms. The lowest BCUT2D eigenvalue weighted by molar-refractivity contribution is -0.114. The van der Waals surface area contributed by atoms with Crippen molar-refractivity contribution < 1.29 is 9.00 Å². The molecule has 1 amide bonds. The second-order valence-electron chi connectivity index (χ2n) is 5.82. The van der Waals surface area contributed by atoms with Crippen LogP contribution in [0.2, 0.25) is 0 Å². The Morgan fingerprint density at radius 3 is 2.73 bits per heavy atom. The maximum absolute atomic E-state index is 12.2. The molecule has 1 aliphatic carbocycles. The van der Waals surface area contributed by atoms with Crippen molar-refractivity contribution in [3.8, 4) is 0 Å². The van der Waals surface area contributed by atoms with Crippen molar-refractivity contribution in [1.29, 1.82) is 0 Å². The summed E-state index contributed by atoms with van der Waals surface area (Å²) in [4.78, 5) is 11.3. The highest BCUT2D eigenvalue weighted by Crippen LogP contribution is 2.24. The van der Waals surface area contributed by atoms with Gasteiger partial charge in [-0.3, -0.25) is 9.00 Å². The zero-order valence-corrected chi connectivity index (χ0v) is 14.2. The third kappa shape index (κ3) is 4.65. The van der Waals surface area contributed by atoms with E-state index in [2.05, 4.69) is 10.6 Å². The summed E-state index contributed by atoms with van der Waals surface area (Å²) in [6.45, 7) is 4.21. The Labute approximate surface area is 135 Å². The smallest absolute Gasteiger partial charge is 0.221 e. The van der Waals surface area contributed by atoms with Crippen LogP contribution in [0.25, 0.3) is 0 Å². The molecule has 3 atom stereocenters. The summed E-state index contributed by atoms with van der Waals surface area (Å²) >= 11 is 0. The molecule has 0 radical (unpaired) electrons. The minimum absolute atomic E-state index is 0.0601. The zero-order chi connectivity index (χ0) is 15.9. The van der Waals surface area contributed by atoms with E-state index in [4.69, 9.17) is 0 Å². The predicted molar refractivity (Wildman–Crippen MR) is 92.3 cm³/mol. The molecule has 122 valence electrons. The lowest BCUT2D eigenvalue weighted by Crippen LogP contribution is -2.44. The third-order valence-corrected chi connectivity index (χ3v) is 6.02. The van der Waals surface area contributed by atoms with Gasteiger partial charge in [0.05, 0.1) is 5.25 Å². The molecule has 22 heavy (non-hydrogen) atoms. The van der Waals surface area contributed by atoms with Crippen molar-refractivity contribution in [2.75, 3.05) is 11.1 Å². The molecule has 1 fully saturated rings. The van der Waals surface area contributed by atoms with Crippen molar-refractivity contribution in [3.63, 3.8) is 0 Å². The van der Waals surface area contributed by atoms with E-state index >= 15 is 0 Å². The van der Waals surface area contributed by atoms with Gasteiger partial charge in [0.15, 0.2) is 0 Å². The molecule has 2 rings (SSSR count). The van der Waals surface area contributed by atoms with Gasteiger partial charge in [0.25, 0.3) is 0 Å². The second-order valence-corrected chi connectivity index (χ2v) is 7.76. The minimum atomic E-state index is -0.748. The minimum Gasteiger partial charge on any atom is -0.326 e. The van der Waals surface area contributed by atoms with Gasteiger partial charge in [-0.15, -0.1) is 0 Å².